The van der Waals surface area contributed by atoms with E-state index >= 15 is 0 Å². The van der Waals surface area contributed by atoms with Crippen LogP contribution in [0.15, 0.2) is 30.5 Å². The number of hydrogen-bond acceptors (Lipinski definition) is 4. The van der Waals surface area contributed by atoms with Crippen LogP contribution in [0, 0.1) is 19.3 Å². The van der Waals surface area contributed by atoms with Crippen LogP contribution in [-0.4, -0.2) is 22.9 Å². The van der Waals surface area contributed by atoms with E-state index in [2.05, 4.69) is 42.0 Å². The maximum Gasteiger partial charge on any atom is 0.230 e. The van der Waals surface area contributed by atoms with Gasteiger partial charge in [-0.1, -0.05) is 6.07 Å². The first-order chi connectivity index (χ1) is 8.97. The molecule has 0 aliphatic rings. The Kier molecular flexibility index (Phi) is 3.46. The summed E-state index contributed by atoms with van der Waals surface area (Å²) in [6.07, 6.45) is 1.61. The molecule has 0 aliphatic carbocycles. The van der Waals surface area contributed by atoms with E-state index in [1.807, 2.05) is 11.9 Å². The fourth-order valence-electron chi connectivity index (χ4n) is 1.92. The highest BCUT2D eigenvalue weighted by molar-refractivity contribution is 5.93. The monoisotopic (exact) mass is 255 g/mol. The van der Waals surface area contributed by atoms with Crippen LogP contribution < -0.4 is 10.6 Å². The molecule has 0 saturated carbocycles. The zero-order chi connectivity index (χ0) is 14.0. The summed E-state index contributed by atoms with van der Waals surface area (Å²) in [6.45, 7) is 4.11. The number of nitrogens with one attached hydrogen (secondary N) is 1. The maximum absolute atomic E-state index is 7.41. The molecule has 0 fully saturated rings. The van der Waals surface area contributed by atoms with Crippen LogP contribution in [0.4, 0.5) is 11.6 Å². The van der Waals surface area contributed by atoms with Crippen molar-refractivity contribution in [2.75, 3.05) is 11.9 Å². The topological polar surface area (TPSA) is 78.9 Å². The number of aromatic nitrogens is 2. The van der Waals surface area contributed by atoms with Gasteiger partial charge in [-0.2, -0.15) is 0 Å². The van der Waals surface area contributed by atoms with E-state index in [9.17, 15) is 0 Å². The summed E-state index contributed by atoms with van der Waals surface area (Å²) in [5.41, 5.74) is 9.26. The molecule has 0 aliphatic heterocycles. The summed E-state index contributed by atoms with van der Waals surface area (Å²) in [5.74, 6) is 0.468. The average molecular weight is 255 g/mol. The molecule has 1 heterocycles. The van der Waals surface area contributed by atoms with Gasteiger partial charge in [0.2, 0.25) is 5.95 Å². The first-order valence-corrected chi connectivity index (χ1v) is 5.97. The molecule has 3 N–H and O–H groups in total. The standard InChI is InChI=1S/C14H17N5/c1-9-6-10(2)8-11(7-9)19(3)14-17-5-4-12(18-14)13(15)16/h4-8H,1-3H3,(H3,15,16). The lowest BCUT2D eigenvalue weighted by atomic mass is 10.1. The van der Waals surface area contributed by atoms with Crippen molar-refractivity contribution < 1.29 is 0 Å². The molecular weight excluding hydrogens is 238 g/mol. The molecule has 2 aromatic rings. The zero-order valence-corrected chi connectivity index (χ0v) is 11.3. The second-order valence-corrected chi connectivity index (χ2v) is 4.56. The summed E-state index contributed by atoms with van der Waals surface area (Å²) in [7, 11) is 1.90. The van der Waals surface area contributed by atoms with E-state index < -0.39 is 0 Å². The molecular formula is C14H17N5. The molecule has 5 heteroatoms. The quantitative estimate of drug-likeness (QED) is 0.650. The number of benzene rings is 1. The van der Waals surface area contributed by atoms with E-state index in [0.717, 1.165) is 5.69 Å². The van der Waals surface area contributed by atoms with Crippen LogP contribution in [0.3, 0.4) is 0 Å². The lowest BCUT2D eigenvalue weighted by molar-refractivity contribution is 1.03. The van der Waals surface area contributed by atoms with Gasteiger partial charge in [0.25, 0.3) is 0 Å². The van der Waals surface area contributed by atoms with Crippen LogP contribution >= 0.6 is 0 Å². The third-order valence-corrected chi connectivity index (χ3v) is 2.81. The Morgan fingerprint density at radius 2 is 1.84 bits per heavy atom. The van der Waals surface area contributed by atoms with Crippen molar-refractivity contribution in [3.8, 4) is 0 Å². The molecule has 0 saturated heterocycles. The zero-order valence-electron chi connectivity index (χ0n) is 11.3. The molecule has 2 rings (SSSR count). The fraction of sp³-hybridized carbons (Fsp3) is 0.214. The number of anilines is 2. The van der Waals surface area contributed by atoms with Gasteiger partial charge in [0.1, 0.15) is 11.5 Å². The summed E-state index contributed by atoms with van der Waals surface area (Å²) in [6, 6.07) is 7.87. The van der Waals surface area contributed by atoms with Crippen molar-refractivity contribution in [2.45, 2.75) is 13.8 Å². The van der Waals surface area contributed by atoms with Crippen LogP contribution in [0.25, 0.3) is 0 Å². The van der Waals surface area contributed by atoms with E-state index in [-0.39, 0.29) is 5.84 Å². The Hall–Kier alpha value is -2.43. The van der Waals surface area contributed by atoms with Gasteiger partial charge in [-0.3, -0.25) is 5.41 Å². The molecule has 19 heavy (non-hydrogen) atoms. The average Bonchev–Trinajstić information content (AvgIpc) is 2.37. The van der Waals surface area contributed by atoms with Crippen molar-refractivity contribution >= 4 is 17.5 Å². The molecule has 1 aromatic carbocycles. The van der Waals surface area contributed by atoms with Crippen molar-refractivity contribution in [1.82, 2.24) is 9.97 Å². The van der Waals surface area contributed by atoms with Crippen LogP contribution in [0.1, 0.15) is 16.8 Å². The Morgan fingerprint density at radius 1 is 1.21 bits per heavy atom. The van der Waals surface area contributed by atoms with Gasteiger partial charge in [0.05, 0.1) is 0 Å². The molecule has 0 bridgehead atoms. The number of amidine groups is 1. The highest BCUT2D eigenvalue weighted by Crippen LogP contribution is 2.22. The normalized spacial score (nSPS) is 10.3. The largest absolute Gasteiger partial charge is 0.382 e. The van der Waals surface area contributed by atoms with Crippen LogP contribution in [-0.2, 0) is 0 Å². The number of hydrogen-bond donors (Lipinski definition) is 2. The minimum atomic E-state index is -0.0579. The van der Waals surface area contributed by atoms with Crippen molar-refractivity contribution in [3.05, 3.63) is 47.3 Å². The molecule has 0 radical (unpaired) electrons. The van der Waals surface area contributed by atoms with Gasteiger partial charge in [-0.05, 0) is 43.2 Å². The lowest BCUT2D eigenvalue weighted by Crippen LogP contribution is -2.18. The van der Waals surface area contributed by atoms with E-state index in [4.69, 9.17) is 11.1 Å². The predicted molar refractivity (Wildman–Crippen MR) is 77.0 cm³/mol. The summed E-state index contributed by atoms with van der Waals surface area (Å²) in [5, 5.41) is 7.41. The van der Waals surface area contributed by atoms with Crippen molar-refractivity contribution in [2.24, 2.45) is 5.73 Å². The van der Waals surface area contributed by atoms with Gasteiger partial charge in [0, 0.05) is 18.9 Å². The predicted octanol–water partition coefficient (Wildman–Crippen LogP) is 2.15. The molecule has 0 spiro atoms. The second kappa shape index (κ2) is 5.06. The fourth-order valence-corrected chi connectivity index (χ4v) is 1.92. The third-order valence-electron chi connectivity index (χ3n) is 2.81. The van der Waals surface area contributed by atoms with Gasteiger partial charge in [-0.15, -0.1) is 0 Å². The van der Waals surface area contributed by atoms with E-state index in [0.29, 0.717) is 11.6 Å². The number of aryl methyl sites for hydroxylation is 2. The highest BCUT2D eigenvalue weighted by Gasteiger charge is 2.09. The smallest absolute Gasteiger partial charge is 0.230 e. The number of nitrogens with two attached hydrogens (primary N) is 1. The summed E-state index contributed by atoms with van der Waals surface area (Å²) < 4.78 is 0. The van der Waals surface area contributed by atoms with Crippen LogP contribution in [0.2, 0.25) is 0 Å². The maximum atomic E-state index is 7.41. The van der Waals surface area contributed by atoms with Gasteiger partial charge >= 0.3 is 0 Å². The van der Waals surface area contributed by atoms with Crippen molar-refractivity contribution in [3.63, 3.8) is 0 Å². The van der Waals surface area contributed by atoms with Crippen LogP contribution in [0.5, 0.6) is 0 Å². The van der Waals surface area contributed by atoms with Gasteiger partial charge in [0.15, 0.2) is 0 Å². The minimum absolute atomic E-state index is 0.0579. The molecule has 0 atom stereocenters. The molecule has 1 aromatic heterocycles. The Bertz CT molecular complexity index is 601. The first-order valence-electron chi connectivity index (χ1n) is 5.97. The number of nitrogens with zero attached hydrogens (tertiary/aromatic N) is 3. The molecule has 5 nitrogen and oxygen atoms in total. The second-order valence-electron chi connectivity index (χ2n) is 4.56. The minimum Gasteiger partial charge on any atom is -0.382 e. The Balaban J connectivity index is 2.40. The van der Waals surface area contributed by atoms with Crippen molar-refractivity contribution in [1.29, 1.82) is 5.41 Å². The number of rotatable bonds is 3. The molecule has 0 unspecified atom stereocenters. The Morgan fingerprint density at radius 3 is 2.42 bits per heavy atom. The summed E-state index contributed by atoms with van der Waals surface area (Å²) >= 11 is 0. The summed E-state index contributed by atoms with van der Waals surface area (Å²) in [4.78, 5) is 10.4. The lowest BCUT2D eigenvalue weighted by Gasteiger charge is -2.18. The SMILES string of the molecule is Cc1cc(C)cc(N(C)c2nccc(C(=N)N)n2)c1. The number of nitrogen functional groups attached to an aromatic ring is 1. The van der Waals surface area contributed by atoms with Gasteiger partial charge < -0.3 is 10.6 Å². The Labute approximate surface area is 112 Å². The van der Waals surface area contributed by atoms with Gasteiger partial charge in [-0.25, -0.2) is 9.97 Å². The highest BCUT2D eigenvalue weighted by atomic mass is 15.2. The molecule has 0 amide bonds. The van der Waals surface area contributed by atoms with E-state index in [1.54, 1.807) is 12.3 Å². The molecule has 98 valence electrons. The van der Waals surface area contributed by atoms with E-state index in [1.165, 1.54) is 11.1 Å². The third kappa shape index (κ3) is 2.88. The first kappa shape index (κ1) is 13.0.